The van der Waals surface area contributed by atoms with Crippen LogP contribution in [-0.4, -0.2) is 22.1 Å². The van der Waals surface area contributed by atoms with Crippen LogP contribution in [0.15, 0.2) is 56.1 Å². The van der Waals surface area contributed by atoms with Crippen molar-refractivity contribution in [2.45, 2.75) is 19.3 Å². The zero-order chi connectivity index (χ0) is 20.4. The quantitative estimate of drug-likeness (QED) is 0.593. The molecule has 0 bridgehead atoms. The summed E-state index contributed by atoms with van der Waals surface area (Å²) in [5.41, 5.74) is 5.28. The Bertz CT molecular complexity index is 1110. The number of rotatable bonds is 6. The van der Waals surface area contributed by atoms with E-state index in [9.17, 15) is 19.5 Å². The van der Waals surface area contributed by atoms with Gasteiger partial charge in [0, 0.05) is 18.1 Å². The number of nitrogens with two attached hydrogens (primary N) is 1. The molecule has 144 valence electrons. The van der Waals surface area contributed by atoms with Gasteiger partial charge >= 0.3 is 5.97 Å². The van der Waals surface area contributed by atoms with Gasteiger partial charge in [0.1, 0.15) is 17.3 Å². The van der Waals surface area contributed by atoms with E-state index in [1.807, 2.05) is 0 Å². The summed E-state index contributed by atoms with van der Waals surface area (Å²) in [6, 6.07) is 10.4. The lowest BCUT2D eigenvalue weighted by Gasteiger charge is -2.14. The van der Waals surface area contributed by atoms with Crippen LogP contribution in [0.2, 0.25) is 0 Å². The SMILES string of the molecule is Cc1cc(=O)c(O)c(C(CC(N)=O)c2ccc(-c3cccc(C(=O)O)c3)o2)o1. The highest BCUT2D eigenvalue weighted by Crippen LogP contribution is 2.35. The van der Waals surface area contributed by atoms with Crippen molar-refractivity contribution < 1.29 is 28.6 Å². The van der Waals surface area contributed by atoms with Crippen LogP contribution < -0.4 is 11.2 Å². The second kappa shape index (κ2) is 7.43. The lowest BCUT2D eigenvalue weighted by Crippen LogP contribution is -2.17. The number of benzene rings is 1. The smallest absolute Gasteiger partial charge is 0.335 e. The van der Waals surface area contributed by atoms with Gasteiger partial charge in [-0.1, -0.05) is 12.1 Å². The van der Waals surface area contributed by atoms with Crippen molar-refractivity contribution in [2.75, 3.05) is 0 Å². The standard InChI is InChI=1S/C20H17NO7/c1-10-7-14(22)18(24)19(27-10)13(9-17(21)23)16-6-5-15(28-16)11-3-2-4-12(8-11)20(25)26/h2-8,13,24H,9H2,1H3,(H2,21,23)(H,25,26). The monoisotopic (exact) mass is 383 g/mol. The van der Waals surface area contributed by atoms with Crippen LogP contribution in [-0.2, 0) is 4.79 Å². The number of carboxylic acid groups (broad SMARTS) is 1. The van der Waals surface area contributed by atoms with Gasteiger partial charge in [-0.2, -0.15) is 0 Å². The van der Waals surface area contributed by atoms with Crippen LogP contribution in [0.1, 0.15) is 40.0 Å². The van der Waals surface area contributed by atoms with Crippen LogP contribution in [0, 0.1) is 6.92 Å². The zero-order valence-corrected chi connectivity index (χ0v) is 14.8. The fourth-order valence-electron chi connectivity index (χ4n) is 2.89. The highest BCUT2D eigenvalue weighted by Gasteiger charge is 2.28. The average molecular weight is 383 g/mol. The Morgan fingerprint density at radius 1 is 1.14 bits per heavy atom. The molecule has 1 aromatic carbocycles. The Kier molecular flexibility index (Phi) is 5.04. The summed E-state index contributed by atoms with van der Waals surface area (Å²) >= 11 is 0. The molecule has 0 saturated heterocycles. The molecule has 1 amide bonds. The van der Waals surface area contributed by atoms with E-state index in [1.54, 1.807) is 24.3 Å². The molecule has 0 aliphatic rings. The molecule has 8 nitrogen and oxygen atoms in total. The van der Waals surface area contributed by atoms with Crippen LogP contribution in [0.25, 0.3) is 11.3 Å². The van der Waals surface area contributed by atoms with Crippen LogP contribution >= 0.6 is 0 Å². The predicted octanol–water partition coefficient (Wildman–Crippen LogP) is 2.62. The number of primary amides is 1. The highest BCUT2D eigenvalue weighted by atomic mass is 16.4. The number of carboxylic acids is 1. The van der Waals surface area contributed by atoms with Gasteiger partial charge in [0.25, 0.3) is 0 Å². The minimum Gasteiger partial charge on any atom is -0.502 e. The van der Waals surface area contributed by atoms with E-state index < -0.39 is 29.0 Å². The highest BCUT2D eigenvalue weighted by molar-refractivity contribution is 5.89. The van der Waals surface area contributed by atoms with Crippen molar-refractivity contribution in [3.63, 3.8) is 0 Å². The molecular formula is C20H17NO7. The van der Waals surface area contributed by atoms with E-state index in [2.05, 4.69) is 0 Å². The molecule has 4 N–H and O–H groups in total. The number of amides is 1. The summed E-state index contributed by atoms with van der Waals surface area (Å²) in [5, 5.41) is 19.3. The molecule has 0 fully saturated rings. The predicted molar refractivity (Wildman–Crippen MR) is 98.1 cm³/mol. The van der Waals surface area contributed by atoms with E-state index in [4.69, 9.17) is 19.7 Å². The van der Waals surface area contributed by atoms with E-state index in [1.165, 1.54) is 19.1 Å². The summed E-state index contributed by atoms with van der Waals surface area (Å²) < 4.78 is 11.3. The number of aromatic carboxylic acids is 1. The van der Waals surface area contributed by atoms with Gasteiger partial charge in [0.15, 0.2) is 5.76 Å². The van der Waals surface area contributed by atoms with Gasteiger partial charge in [0.05, 0.1) is 11.5 Å². The molecule has 0 radical (unpaired) electrons. The van der Waals surface area contributed by atoms with Crippen molar-refractivity contribution in [1.82, 2.24) is 0 Å². The number of carbonyl (C=O) groups excluding carboxylic acids is 1. The molecule has 3 aromatic rings. The Hall–Kier alpha value is -3.81. The number of carbonyl (C=O) groups is 2. The maximum Gasteiger partial charge on any atom is 0.335 e. The first-order valence-electron chi connectivity index (χ1n) is 8.31. The van der Waals surface area contributed by atoms with Gasteiger partial charge in [0.2, 0.25) is 17.1 Å². The number of hydrogen-bond acceptors (Lipinski definition) is 6. The van der Waals surface area contributed by atoms with E-state index in [-0.39, 0.29) is 29.3 Å². The molecule has 0 saturated carbocycles. The van der Waals surface area contributed by atoms with Crippen LogP contribution in [0.4, 0.5) is 0 Å². The largest absolute Gasteiger partial charge is 0.502 e. The Morgan fingerprint density at radius 3 is 2.57 bits per heavy atom. The van der Waals surface area contributed by atoms with E-state index in [0.29, 0.717) is 11.3 Å². The summed E-state index contributed by atoms with van der Waals surface area (Å²) in [5.74, 6) is -2.58. The lowest BCUT2D eigenvalue weighted by atomic mass is 9.97. The first-order valence-corrected chi connectivity index (χ1v) is 8.31. The van der Waals surface area contributed by atoms with Crippen LogP contribution in [0.5, 0.6) is 5.75 Å². The fourth-order valence-corrected chi connectivity index (χ4v) is 2.89. The second-order valence-electron chi connectivity index (χ2n) is 6.25. The maximum absolute atomic E-state index is 11.9. The molecule has 28 heavy (non-hydrogen) atoms. The average Bonchev–Trinajstić information content (AvgIpc) is 3.12. The molecule has 0 aliphatic heterocycles. The minimum absolute atomic E-state index is 0.0893. The van der Waals surface area contributed by atoms with Gasteiger partial charge in [-0.3, -0.25) is 9.59 Å². The van der Waals surface area contributed by atoms with Gasteiger partial charge < -0.3 is 24.8 Å². The first kappa shape index (κ1) is 19.0. The van der Waals surface area contributed by atoms with Crippen molar-refractivity contribution in [3.8, 4) is 17.1 Å². The lowest BCUT2D eigenvalue weighted by molar-refractivity contribution is -0.118. The molecule has 0 aliphatic carbocycles. The molecular weight excluding hydrogens is 366 g/mol. The maximum atomic E-state index is 11.9. The molecule has 1 unspecified atom stereocenters. The van der Waals surface area contributed by atoms with E-state index in [0.717, 1.165) is 6.07 Å². The number of furan rings is 1. The number of hydrogen-bond donors (Lipinski definition) is 3. The first-order chi connectivity index (χ1) is 13.3. The summed E-state index contributed by atoms with van der Waals surface area (Å²) in [6.45, 7) is 1.54. The van der Waals surface area contributed by atoms with E-state index >= 15 is 0 Å². The Morgan fingerprint density at radius 2 is 1.89 bits per heavy atom. The molecule has 3 rings (SSSR count). The minimum atomic E-state index is -1.08. The molecule has 8 heteroatoms. The molecule has 0 spiro atoms. The molecule has 2 heterocycles. The second-order valence-corrected chi connectivity index (χ2v) is 6.25. The normalized spacial score (nSPS) is 11.9. The third kappa shape index (κ3) is 3.80. The molecule has 2 aromatic heterocycles. The summed E-state index contributed by atoms with van der Waals surface area (Å²) in [4.78, 5) is 34.6. The van der Waals surface area contributed by atoms with Crippen molar-refractivity contribution in [3.05, 3.63) is 75.5 Å². The van der Waals surface area contributed by atoms with Crippen molar-refractivity contribution >= 4 is 11.9 Å². The third-order valence-corrected chi connectivity index (χ3v) is 4.16. The third-order valence-electron chi connectivity index (χ3n) is 4.16. The Balaban J connectivity index is 2.07. The fraction of sp³-hybridized carbons (Fsp3) is 0.150. The zero-order valence-electron chi connectivity index (χ0n) is 14.8. The summed E-state index contributed by atoms with van der Waals surface area (Å²) in [6.07, 6.45) is -0.262. The van der Waals surface area contributed by atoms with Crippen LogP contribution in [0.3, 0.4) is 0 Å². The van der Waals surface area contributed by atoms with Gasteiger partial charge in [-0.15, -0.1) is 0 Å². The van der Waals surface area contributed by atoms with Crippen molar-refractivity contribution in [2.24, 2.45) is 5.73 Å². The molecule has 1 atom stereocenters. The van der Waals surface area contributed by atoms with Gasteiger partial charge in [-0.25, -0.2) is 4.79 Å². The van der Waals surface area contributed by atoms with Gasteiger partial charge in [-0.05, 0) is 31.2 Å². The number of aromatic hydroxyl groups is 1. The Labute approximate surface area is 158 Å². The topological polar surface area (TPSA) is 144 Å². The number of aryl methyl sites for hydroxylation is 1. The summed E-state index contributed by atoms with van der Waals surface area (Å²) in [7, 11) is 0. The van der Waals surface area contributed by atoms with Crippen molar-refractivity contribution in [1.29, 1.82) is 0 Å².